The molecule has 0 amide bonds. The van der Waals surface area contributed by atoms with E-state index in [1.807, 2.05) is 42.2 Å². The highest BCUT2D eigenvalue weighted by molar-refractivity contribution is 6.17. The first-order chi connectivity index (χ1) is 9.26. The molecular weight excluding hydrogens is 264 g/mol. The topological polar surface area (TPSA) is 36.3 Å². The summed E-state index contributed by atoms with van der Waals surface area (Å²) in [5.41, 5.74) is 2.04. The molecule has 5 heteroatoms. The molecule has 0 aliphatic carbocycles. The van der Waals surface area contributed by atoms with Crippen molar-refractivity contribution in [2.75, 3.05) is 7.11 Å². The molecule has 0 spiro atoms. The van der Waals surface area contributed by atoms with Gasteiger partial charge in [-0.2, -0.15) is 5.10 Å². The van der Waals surface area contributed by atoms with Gasteiger partial charge in [-0.1, -0.05) is 6.07 Å². The number of benzene rings is 1. The van der Waals surface area contributed by atoms with Crippen LogP contribution >= 0.6 is 11.6 Å². The normalized spacial score (nSPS) is 10.5. The Labute approximate surface area is 117 Å². The van der Waals surface area contributed by atoms with Crippen molar-refractivity contribution in [2.24, 2.45) is 0 Å². The molecule has 0 fully saturated rings. The van der Waals surface area contributed by atoms with E-state index in [2.05, 4.69) is 5.10 Å². The van der Waals surface area contributed by atoms with Crippen LogP contribution in [0.4, 0.5) is 0 Å². The van der Waals surface area contributed by atoms with Gasteiger partial charge in [0.15, 0.2) is 11.5 Å². The summed E-state index contributed by atoms with van der Waals surface area (Å²) >= 11 is 5.79. The smallest absolute Gasteiger partial charge is 0.161 e. The number of hydrogen-bond acceptors (Lipinski definition) is 3. The molecular formula is C14H17ClN2O2. The fourth-order valence-electron chi connectivity index (χ4n) is 1.73. The van der Waals surface area contributed by atoms with Gasteiger partial charge in [-0.3, -0.25) is 4.68 Å². The van der Waals surface area contributed by atoms with Gasteiger partial charge in [0.1, 0.15) is 6.61 Å². The highest BCUT2D eigenvalue weighted by Gasteiger charge is 2.06. The van der Waals surface area contributed by atoms with Gasteiger partial charge in [-0.05, 0) is 24.6 Å². The van der Waals surface area contributed by atoms with Crippen LogP contribution in [0.15, 0.2) is 30.6 Å². The average molecular weight is 281 g/mol. The van der Waals surface area contributed by atoms with Crippen LogP contribution < -0.4 is 9.47 Å². The molecule has 0 saturated heterocycles. The summed E-state index contributed by atoms with van der Waals surface area (Å²) in [6, 6.07) is 5.69. The molecule has 0 saturated carbocycles. The predicted octanol–water partition coefficient (Wildman–Crippen LogP) is 3.23. The summed E-state index contributed by atoms with van der Waals surface area (Å²) in [7, 11) is 1.62. The molecule has 2 rings (SSSR count). The van der Waals surface area contributed by atoms with Gasteiger partial charge in [0.05, 0.1) is 13.3 Å². The molecule has 19 heavy (non-hydrogen) atoms. The first kappa shape index (κ1) is 13.7. The Balaban J connectivity index is 2.06. The summed E-state index contributed by atoms with van der Waals surface area (Å²) in [5.74, 6) is 1.86. The van der Waals surface area contributed by atoms with Crippen LogP contribution in [0.3, 0.4) is 0 Å². The Morgan fingerprint density at radius 3 is 2.74 bits per heavy atom. The summed E-state index contributed by atoms with van der Waals surface area (Å²) in [6.45, 7) is 3.37. The molecule has 0 N–H and O–H groups in total. The lowest BCUT2D eigenvalue weighted by atomic mass is 10.2. The van der Waals surface area contributed by atoms with E-state index in [-0.39, 0.29) is 0 Å². The zero-order valence-electron chi connectivity index (χ0n) is 11.1. The molecule has 0 atom stereocenters. The van der Waals surface area contributed by atoms with Crippen LogP contribution in [0.25, 0.3) is 0 Å². The Hall–Kier alpha value is -1.68. The third kappa shape index (κ3) is 3.41. The van der Waals surface area contributed by atoms with E-state index in [9.17, 15) is 0 Å². The van der Waals surface area contributed by atoms with Crippen molar-refractivity contribution >= 4 is 11.6 Å². The Kier molecular flexibility index (Phi) is 4.68. The summed E-state index contributed by atoms with van der Waals surface area (Å²) in [4.78, 5) is 0. The Morgan fingerprint density at radius 2 is 2.11 bits per heavy atom. The minimum Gasteiger partial charge on any atom is -0.493 e. The van der Waals surface area contributed by atoms with Gasteiger partial charge in [-0.25, -0.2) is 0 Å². The number of nitrogens with zero attached hydrogens (tertiary/aromatic N) is 2. The minimum atomic E-state index is 0.458. The van der Waals surface area contributed by atoms with Crippen molar-refractivity contribution in [3.63, 3.8) is 0 Å². The number of halogens is 1. The van der Waals surface area contributed by atoms with Gasteiger partial charge in [-0.15, -0.1) is 11.6 Å². The molecule has 1 aromatic heterocycles. The van der Waals surface area contributed by atoms with E-state index >= 15 is 0 Å². The van der Waals surface area contributed by atoms with E-state index in [1.54, 1.807) is 7.11 Å². The highest BCUT2D eigenvalue weighted by atomic mass is 35.5. The van der Waals surface area contributed by atoms with Crippen molar-refractivity contribution in [3.8, 4) is 11.5 Å². The molecule has 0 aliphatic heterocycles. The SMILES string of the molecule is CCn1cc(COc2ccc(CCl)cc2OC)cn1. The molecule has 1 heterocycles. The standard InChI is InChI=1S/C14H17ClN2O2/c1-3-17-9-12(8-16-17)10-19-13-5-4-11(7-15)6-14(13)18-2/h4-6,8-9H,3,7,10H2,1-2H3. The molecule has 1 aromatic carbocycles. The second kappa shape index (κ2) is 6.48. The van der Waals surface area contributed by atoms with E-state index < -0.39 is 0 Å². The van der Waals surface area contributed by atoms with E-state index in [0.29, 0.717) is 24.0 Å². The quantitative estimate of drug-likeness (QED) is 0.762. The maximum absolute atomic E-state index is 5.79. The molecule has 0 bridgehead atoms. The van der Waals surface area contributed by atoms with Crippen molar-refractivity contribution < 1.29 is 9.47 Å². The third-order valence-corrected chi connectivity index (χ3v) is 3.10. The van der Waals surface area contributed by atoms with Gasteiger partial charge in [0.2, 0.25) is 0 Å². The largest absolute Gasteiger partial charge is 0.493 e. The fraction of sp³-hybridized carbons (Fsp3) is 0.357. The molecule has 0 radical (unpaired) electrons. The van der Waals surface area contributed by atoms with Crippen molar-refractivity contribution in [1.29, 1.82) is 0 Å². The second-order valence-electron chi connectivity index (χ2n) is 4.11. The van der Waals surface area contributed by atoms with Gasteiger partial charge in [0.25, 0.3) is 0 Å². The summed E-state index contributed by atoms with van der Waals surface area (Å²) in [5, 5.41) is 4.20. The number of aromatic nitrogens is 2. The van der Waals surface area contributed by atoms with Crippen LogP contribution in [0.1, 0.15) is 18.1 Å². The summed E-state index contributed by atoms with van der Waals surface area (Å²) < 4.78 is 12.9. The number of aryl methyl sites for hydroxylation is 1. The van der Waals surface area contributed by atoms with E-state index in [1.165, 1.54) is 0 Å². The molecule has 0 aliphatic rings. The van der Waals surface area contributed by atoms with Crippen LogP contribution in [0.2, 0.25) is 0 Å². The molecule has 4 nitrogen and oxygen atoms in total. The fourth-order valence-corrected chi connectivity index (χ4v) is 1.90. The average Bonchev–Trinajstić information content (AvgIpc) is 2.92. The van der Waals surface area contributed by atoms with Crippen LogP contribution in [-0.2, 0) is 19.0 Å². The van der Waals surface area contributed by atoms with Gasteiger partial charge < -0.3 is 9.47 Å². The summed E-state index contributed by atoms with van der Waals surface area (Å²) in [6.07, 6.45) is 3.78. The lowest BCUT2D eigenvalue weighted by Crippen LogP contribution is -1.98. The van der Waals surface area contributed by atoms with E-state index in [0.717, 1.165) is 17.7 Å². The zero-order valence-corrected chi connectivity index (χ0v) is 11.9. The Morgan fingerprint density at radius 1 is 1.26 bits per heavy atom. The lowest BCUT2D eigenvalue weighted by Gasteiger charge is -2.10. The van der Waals surface area contributed by atoms with Crippen molar-refractivity contribution in [1.82, 2.24) is 9.78 Å². The molecule has 2 aromatic rings. The third-order valence-electron chi connectivity index (χ3n) is 2.79. The highest BCUT2D eigenvalue weighted by Crippen LogP contribution is 2.29. The number of hydrogen-bond donors (Lipinski definition) is 0. The first-order valence-corrected chi connectivity index (χ1v) is 6.67. The monoisotopic (exact) mass is 280 g/mol. The zero-order chi connectivity index (χ0) is 13.7. The number of methoxy groups -OCH3 is 1. The number of ether oxygens (including phenoxy) is 2. The predicted molar refractivity (Wildman–Crippen MR) is 74.8 cm³/mol. The van der Waals surface area contributed by atoms with Crippen LogP contribution in [-0.4, -0.2) is 16.9 Å². The number of rotatable bonds is 6. The maximum Gasteiger partial charge on any atom is 0.161 e. The second-order valence-corrected chi connectivity index (χ2v) is 4.38. The maximum atomic E-state index is 5.79. The molecule has 0 unspecified atom stereocenters. The van der Waals surface area contributed by atoms with Crippen molar-refractivity contribution in [2.45, 2.75) is 26.0 Å². The minimum absolute atomic E-state index is 0.458. The van der Waals surface area contributed by atoms with Gasteiger partial charge >= 0.3 is 0 Å². The molecule has 102 valence electrons. The van der Waals surface area contributed by atoms with Gasteiger partial charge in [0, 0.05) is 24.2 Å². The van der Waals surface area contributed by atoms with Crippen LogP contribution in [0, 0.1) is 0 Å². The Bertz CT molecular complexity index is 540. The van der Waals surface area contributed by atoms with Crippen molar-refractivity contribution in [3.05, 3.63) is 41.7 Å². The first-order valence-electron chi connectivity index (χ1n) is 6.13. The van der Waals surface area contributed by atoms with Crippen LogP contribution in [0.5, 0.6) is 11.5 Å². The van der Waals surface area contributed by atoms with E-state index in [4.69, 9.17) is 21.1 Å². The lowest BCUT2D eigenvalue weighted by molar-refractivity contribution is 0.284. The number of alkyl halides is 1.